The van der Waals surface area contributed by atoms with Gasteiger partial charge in [0.25, 0.3) is 0 Å². The molecule has 0 fully saturated rings. The zero-order chi connectivity index (χ0) is 20.2. The van der Waals surface area contributed by atoms with Crippen LogP contribution in [0, 0.1) is 11.3 Å². The molecule has 6 heteroatoms. The predicted molar refractivity (Wildman–Crippen MR) is 109 cm³/mol. The molecule has 0 aromatic heterocycles. The molecule has 0 unspecified atom stereocenters. The molecule has 0 radical (unpaired) electrons. The Hall–Kier alpha value is -3.04. The second-order valence-electron chi connectivity index (χ2n) is 6.46. The van der Waals surface area contributed by atoms with Crippen molar-refractivity contribution in [3.8, 4) is 11.8 Å². The van der Waals surface area contributed by atoms with Gasteiger partial charge in [0.1, 0.15) is 12.4 Å². The fraction of sp³-hybridized carbons (Fsp3) is 0.364. The van der Waals surface area contributed by atoms with Crippen LogP contribution < -0.4 is 10.1 Å². The molecule has 2 N–H and O–H groups in total. The number of benzene rings is 2. The predicted octanol–water partition coefficient (Wildman–Crippen LogP) is 3.96. The highest BCUT2D eigenvalue weighted by atomic mass is 16.5. The van der Waals surface area contributed by atoms with Crippen LogP contribution in [0.1, 0.15) is 30.9 Å². The molecular weight excluding hydrogens is 354 g/mol. The van der Waals surface area contributed by atoms with Gasteiger partial charge in [-0.25, -0.2) is 4.79 Å². The van der Waals surface area contributed by atoms with E-state index in [4.69, 9.17) is 15.1 Å². The summed E-state index contributed by atoms with van der Waals surface area (Å²) in [5, 5.41) is 20.8. The fourth-order valence-electron chi connectivity index (χ4n) is 2.69. The first-order valence-electron chi connectivity index (χ1n) is 9.50. The summed E-state index contributed by atoms with van der Waals surface area (Å²) in [4.78, 5) is 14.1. The largest absolute Gasteiger partial charge is 0.489 e. The molecule has 2 amide bonds. The number of carbonyl (C=O) groups is 1. The molecule has 6 nitrogen and oxygen atoms in total. The number of hydrogen-bond donors (Lipinski definition) is 2. The summed E-state index contributed by atoms with van der Waals surface area (Å²) in [6.07, 6.45) is 2.27. The Morgan fingerprint density at radius 2 is 1.96 bits per heavy atom. The van der Waals surface area contributed by atoms with Crippen molar-refractivity contribution in [1.82, 2.24) is 4.90 Å². The number of hydrogen-bond acceptors (Lipinski definition) is 4. The summed E-state index contributed by atoms with van der Waals surface area (Å²) in [5.41, 5.74) is 2.58. The minimum absolute atomic E-state index is 0.0574. The summed E-state index contributed by atoms with van der Waals surface area (Å²) < 4.78 is 5.79. The number of amides is 2. The lowest BCUT2D eigenvalue weighted by Gasteiger charge is -2.22. The van der Waals surface area contributed by atoms with Gasteiger partial charge in [0.15, 0.2) is 0 Å². The smallest absolute Gasteiger partial charge is 0.321 e. The lowest BCUT2D eigenvalue weighted by Crippen LogP contribution is -2.37. The molecule has 28 heavy (non-hydrogen) atoms. The highest BCUT2D eigenvalue weighted by Gasteiger charge is 2.12. The van der Waals surface area contributed by atoms with Crippen molar-refractivity contribution in [1.29, 1.82) is 5.26 Å². The third-order valence-electron chi connectivity index (χ3n) is 4.23. The summed E-state index contributed by atoms with van der Waals surface area (Å²) in [6, 6.07) is 16.9. The van der Waals surface area contributed by atoms with E-state index in [9.17, 15) is 4.79 Å². The minimum atomic E-state index is -0.214. The number of carbonyl (C=O) groups excluding carboxylic acids is 1. The van der Waals surface area contributed by atoms with Gasteiger partial charge in [-0.2, -0.15) is 5.26 Å². The Labute approximate surface area is 166 Å². The van der Waals surface area contributed by atoms with Gasteiger partial charge in [0, 0.05) is 18.8 Å². The summed E-state index contributed by atoms with van der Waals surface area (Å²) in [6.45, 7) is 3.31. The molecule has 2 aromatic rings. The van der Waals surface area contributed by atoms with Crippen molar-refractivity contribution < 1.29 is 14.6 Å². The van der Waals surface area contributed by atoms with Crippen molar-refractivity contribution >= 4 is 11.7 Å². The molecule has 0 aliphatic rings. The number of aliphatic hydroxyl groups is 1. The Kier molecular flexibility index (Phi) is 8.83. The lowest BCUT2D eigenvalue weighted by molar-refractivity contribution is 0.187. The summed E-state index contributed by atoms with van der Waals surface area (Å²) in [5.74, 6) is 0.727. The highest BCUT2D eigenvalue weighted by molar-refractivity contribution is 5.89. The van der Waals surface area contributed by atoms with Crippen molar-refractivity contribution in [2.24, 2.45) is 0 Å². The lowest BCUT2D eigenvalue weighted by atomic mass is 10.1. The van der Waals surface area contributed by atoms with E-state index in [0.717, 1.165) is 29.7 Å². The molecule has 0 aliphatic carbocycles. The van der Waals surface area contributed by atoms with E-state index < -0.39 is 0 Å². The van der Waals surface area contributed by atoms with Crippen LogP contribution in [0.2, 0.25) is 0 Å². The van der Waals surface area contributed by atoms with Crippen LogP contribution in [0.4, 0.5) is 10.5 Å². The molecule has 148 valence electrons. The first-order chi connectivity index (χ1) is 13.7. The second kappa shape index (κ2) is 11.6. The van der Waals surface area contributed by atoms with Crippen LogP contribution in [-0.2, 0) is 13.0 Å². The number of rotatable bonds is 10. The Bertz CT molecular complexity index is 784. The van der Waals surface area contributed by atoms with E-state index >= 15 is 0 Å². The van der Waals surface area contributed by atoms with E-state index in [-0.39, 0.29) is 12.6 Å². The van der Waals surface area contributed by atoms with Crippen LogP contribution in [0.3, 0.4) is 0 Å². The fourth-order valence-corrected chi connectivity index (χ4v) is 2.69. The number of anilines is 1. The van der Waals surface area contributed by atoms with Crippen LogP contribution in [0.5, 0.6) is 5.75 Å². The molecule has 0 bridgehead atoms. The molecule has 0 atom stereocenters. The molecule has 0 heterocycles. The second-order valence-corrected chi connectivity index (χ2v) is 6.46. The zero-order valence-electron chi connectivity index (χ0n) is 16.2. The number of urea groups is 1. The average Bonchev–Trinajstić information content (AvgIpc) is 2.71. The number of nitrogens with zero attached hydrogens (tertiary/aromatic N) is 2. The Morgan fingerprint density at radius 1 is 1.18 bits per heavy atom. The first kappa shape index (κ1) is 21.3. The topological polar surface area (TPSA) is 85.6 Å². The summed E-state index contributed by atoms with van der Waals surface area (Å²) >= 11 is 0. The van der Waals surface area contributed by atoms with Crippen LogP contribution >= 0.6 is 0 Å². The van der Waals surface area contributed by atoms with Crippen molar-refractivity contribution in [2.45, 2.75) is 32.8 Å². The molecule has 0 spiro atoms. The third kappa shape index (κ3) is 6.93. The number of nitriles is 1. The number of unbranched alkanes of at least 4 members (excludes halogenated alkanes) is 1. The van der Waals surface area contributed by atoms with Gasteiger partial charge < -0.3 is 20.1 Å². The third-order valence-corrected chi connectivity index (χ3v) is 4.23. The number of ether oxygens (including phenoxy) is 1. The van der Waals surface area contributed by atoms with E-state index in [1.807, 2.05) is 48.5 Å². The van der Waals surface area contributed by atoms with Gasteiger partial charge >= 0.3 is 6.03 Å². The van der Waals surface area contributed by atoms with Crippen molar-refractivity contribution in [3.05, 3.63) is 59.7 Å². The zero-order valence-corrected chi connectivity index (χ0v) is 16.2. The average molecular weight is 381 g/mol. The van der Waals surface area contributed by atoms with Crippen molar-refractivity contribution in [3.63, 3.8) is 0 Å². The van der Waals surface area contributed by atoms with Crippen LogP contribution in [0.25, 0.3) is 0 Å². The van der Waals surface area contributed by atoms with Crippen LogP contribution in [0.15, 0.2) is 48.5 Å². The Balaban J connectivity index is 1.93. The summed E-state index contributed by atoms with van der Waals surface area (Å²) in [7, 11) is 0. The maximum absolute atomic E-state index is 12.4. The minimum Gasteiger partial charge on any atom is -0.489 e. The van der Waals surface area contributed by atoms with Gasteiger partial charge in [-0.1, -0.05) is 37.6 Å². The van der Waals surface area contributed by atoms with Gasteiger partial charge in [-0.05, 0) is 41.8 Å². The molecule has 2 aromatic carbocycles. The quantitative estimate of drug-likeness (QED) is 0.652. The van der Waals surface area contributed by atoms with Gasteiger partial charge in [-0.3, -0.25) is 0 Å². The van der Waals surface area contributed by atoms with E-state index in [0.29, 0.717) is 31.8 Å². The molecular formula is C22H27N3O3. The SMILES string of the molecule is CCCCN(CCO)C(=O)Nc1cccc(COc2ccc(CC#N)cc2)c1. The standard InChI is InChI=1S/C22H27N3O3/c1-2-3-13-25(14-15-26)22(27)24-20-6-4-5-19(16-20)17-28-21-9-7-18(8-10-21)11-12-23/h4-10,16,26H,2-3,11,13-15,17H2,1H3,(H,24,27). The van der Waals surface area contributed by atoms with Gasteiger partial charge in [-0.15, -0.1) is 0 Å². The molecule has 0 saturated carbocycles. The highest BCUT2D eigenvalue weighted by Crippen LogP contribution is 2.17. The van der Waals surface area contributed by atoms with E-state index in [1.165, 1.54) is 0 Å². The van der Waals surface area contributed by atoms with E-state index in [1.54, 1.807) is 4.90 Å². The monoisotopic (exact) mass is 381 g/mol. The molecule has 0 aliphatic heterocycles. The van der Waals surface area contributed by atoms with Gasteiger partial charge in [0.05, 0.1) is 19.1 Å². The van der Waals surface area contributed by atoms with Crippen molar-refractivity contribution in [2.75, 3.05) is 25.0 Å². The maximum atomic E-state index is 12.4. The number of aliphatic hydroxyl groups excluding tert-OH is 1. The van der Waals surface area contributed by atoms with Crippen LogP contribution in [-0.4, -0.2) is 35.7 Å². The molecule has 0 saturated heterocycles. The molecule has 2 rings (SSSR count). The number of nitrogens with one attached hydrogen (secondary N) is 1. The first-order valence-corrected chi connectivity index (χ1v) is 9.50. The van der Waals surface area contributed by atoms with Gasteiger partial charge in [0.2, 0.25) is 0 Å². The Morgan fingerprint density at radius 3 is 2.64 bits per heavy atom. The van der Waals surface area contributed by atoms with E-state index in [2.05, 4.69) is 18.3 Å². The normalized spacial score (nSPS) is 10.2. The maximum Gasteiger partial charge on any atom is 0.321 e.